The van der Waals surface area contributed by atoms with E-state index in [4.69, 9.17) is 0 Å². The number of hydrogen-bond acceptors (Lipinski definition) is 3. The van der Waals surface area contributed by atoms with Gasteiger partial charge in [-0.2, -0.15) is 4.31 Å². The van der Waals surface area contributed by atoms with E-state index in [9.17, 15) is 22.0 Å². The van der Waals surface area contributed by atoms with E-state index in [0.29, 0.717) is 0 Å². The summed E-state index contributed by atoms with van der Waals surface area (Å²) in [6, 6.07) is 2.88. The van der Waals surface area contributed by atoms with Crippen LogP contribution in [0, 0.1) is 11.6 Å². The van der Waals surface area contributed by atoms with Crippen molar-refractivity contribution in [2.24, 2.45) is 0 Å². The molecule has 1 aromatic carbocycles. The van der Waals surface area contributed by atoms with Crippen molar-refractivity contribution in [1.82, 2.24) is 14.1 Å². The van der Waals surface area contributed by atoms with Gasteiger partial charge in [-0.3, -0.25) is 0 Å². The molecule has 0 radical (unpaired) electrons. The second-order valence-electron chi connectivity index (χ2n) is 6.27. The first-order chi connectivity index (χ1) is 11.9. The molecular weight excluding hydrogens is 352 g/mol. The lowest BCUT2D eigenvalue weighted by molar-refractivity contribution is 0.126. The number of amides is 2. The van der Waals surface area contributed by atoms with Crippen LogP contribution in [0.15, 0.2) is 23.1 Å². The molecule has 25 heavy (non-hydrogen) atoms. The lowest BCUT2D eigenvalue weighted by Crippen LogP contribution is -2.54. The first-order valence-corrected chi connectivity index (χ1v) is 9.83. The minimum Gasteiger partial charge on any atom is -0.325 e. The molecule has 1 aromatic rings. The van der Waals surface area contributed by atoms with Gasteiger partial charge in [0.2, 0.25) is 10.0 Å². The molecule has 0 spiro atoms. The summed E-state index contributed by atoms with van der Waals surface area (Å²) in [5.74, 6) is -2.21. The van der Waals surface area contributed by atoms with Gasteiger partial charge in [-0.05, 0) is 31.4 Å². The average molecular weight is 373 g/mol. The summed E-state index contributed by atoms with van der Waals surface area (Å²) < 4.78 is 53.8. The van der Waals surface area contributed by atoms with Crippen molar-refractivity contribution in [3.63, 3.8) is 0 Å². The molecule has 2 saturated heterocycles. The standard InChI is InChI=1S/C16H21F2N3O3S/c17-13-5-4-6-14(18)15(13)25(23,24)21-11-9-20(10-12-21)16(22)19-7-2-1-3-8-19/h4-6H,1-3,7-12H2. The summed E-state index contributed by atoms with van der Waals surface area (Å²) in [6.07, 6.45) is 3.07. The third kappa shape index (κ3) is 3.62. The van der Waals surface area contributed by atoms with Crippen LogP contribution in [-0.2, 0) is 10.0 Å². The zero-order chi connectivity index (χ0) is 18.0. The van der Waals surface area contributed by atoms with E-state index < -0.39 is 26.6 Å². The number of sulfonamides is 1. The lowest BCUT2D eigenvalue weighted by Gasteiger charge is -2.38. The molecule has 0 aliphatic carbocycles. The van der Waals surface area contributed by atoms with Gasteiger partial charge < -0.3 is 9.80 Å². The Morgan fingerprint density at radius 3 is 1.92 bits per heavy atom. The fraction of sp³-hybridized carbons (Fsp3) is 0.562. The van der Waals surface area contributed by atoms with Gasteiger partial charge in [0, 0.05) is 39.3 Å². The Labute approximate surface area is 146 Å². The molecule has 2 aliphatic heterocycles. The highest BCUT2D eigenvalue weighted by Gasteiger charge is 2.35. The number of halogens is 2. The molecule has 2 heterocycles. The molecule has 3 rings (SSSR count). The van der Waals surface area contributed by atoms with Gasteiger partial charge >= 0.3 is 6.03 Å². The molecule has 0 N–H and O–H groups in total. The van der Waals surface area contributed by atoms with Crippen LogP contribution >= 0.6 is 0 Å². The Kier molecular flexibility index (Phi) is 5.24. The Balaban J connectivity index is 1.68. The second kappa shape index (κ2) is 7.25. The maximum atomic E-state index is 13.8. The van der Waals surface area contributed by atoms with Crippen molar-refractivity contribution in [2.45, 2.75) is 24.2 Å². The van der Waals surface area contributed by atoms with Gasteiger partial charge in [0.05, 0.1) is 0 Å². The number of benzene rings is 1. The Hall–Kier alpha value is -1.74. The average Bonchev–Trinajstić information content (AvgIpc) is 2.61. The number of rotatable bonds is 2. The Bertz CT molecular complexity index is 723. The molecule has 2 amide bonds. The maximum absolute atomic E-state index is 13.8. The van der Waals surface area contributed by atoms with Crippen LogP contribution in [0.5, 0.6) is 0 Å². The van der Waals surface area contributed by atoms with Crippen LogP contribution in [0.1, 0.15) is 19.3 Å². The minimum absolute atomic E-state index is 0.0235. The molecule has 0 atom stereocenters. The third-order valence-electron chi connectivity index (χ3n) is 4.65. The van der Waals surface area contributed by atoms with E-state index in [0.717, 1.165) is 54.9 Å². The van der Waals surface area contributed by atoms with Gasteiger partial charge in [-0.25, -0.2) is 22.0 Å². The largest absolute Gasteiger partial charge is 0.325 e. The molecule has 0 aromatic heterocycles. The number of nitrogens with zero attached hydrogens (tertiary/aromatic N) is 3. The fourth-order valence-electron chi connectivity index (χ4n) is 3.26. The van der Waals surface area contributed by atoms with Crippen molar-refractivity contribution in [2.75, 3.05) is 39.3 Å². The third-order valence-corrected chi connectivity index (χ3v) is 6.60. The molecule has 2 aliphatic rings. The van der Waals surface area contributed by atoms with Crippen molar-refractivity contribution < 1.29 is 22.0 Å². The Morgan fingerprint density at radius 1 is 0.840 bits per heavy atom. The summed E-state index contributed by atoms with van der Waals surface area (Å²) in [7, 11) is -4.27. The summed E-state index contributed by atoms with van der Waals surface area (Å²) in [6.45, 7) is 1.91. The first-order valence-electron chi connectivity index (χ1n) is 8.39. The summed E-state index contributed by atoms with van der Waals surface area (Å²) in [5.41, 5.74) is 0. The molecule has 2 fully saturated rings. The number of carbonyl (C=O) groups excluding carboxylic acids is 1. The van der Waals surface area contributed by atoms with Crippen LogP contribution in [0.2, 0.25) is 0 Å². The minimum atomic E-state index is -4.27. The Morgan fingerprint density at radius 2 is 1.36 bits per heavy atom. The highest BCUT2D eigenvalue weighted by molar-refractivity contribution is 7.89. The smallest absolute Gasteiger partial charge is 0.320 e. The van der Waals surface area contributed by atoms with E-state index in [1.54, 1.807) is 9.80 Å². The number of piperidine rings is 1. The second-order valence-corrected chi connectivity index (χ2v) is 8.15. The normalized spacial score (nSPS) is 19.9. The first kappa shape index (κ1) is 18.1. The molecule has 0 saturated carbocycles. The zero-order valence-corrected chi connectivity index (χ0v) is 14.6. The summed E-state index contributed by atoms with van der Waals surface area (Å²) in [4.78, 5) is 14.9. The quantitative estimate of drug-likeness (QED) is 0.795. The van der Waals surface area contributed by atoms with E-state index in [2.05, 4.69) is 0 Å². The van der Waals surface area contributed by atoms with Crippen LogP contribution < -0.4 is 0 Å². The van der Waals surface area contributed by atoms with E-state index in [-0.39, 0.29) is 32.2 Å². The molecule has 0 unspecified atom stereocenters. The van der Waals surface area contributed by atoms with E-state index >= 15 is 0 Å². The predicted octanol–water partition coefficient (Wildman–Crippen LogP) is 1.88. The number of likely N-dealkylation sites (tertiary alicyclic amines) is 1. The molecule has 6 nitrogen and oxygen atoms in total. The molecular formula is C16H21F2N3O3S. The van der Waals surface area contributed by atoms with Gasteiger partial charge in [0.1, 0.15) is 11.6 Å². The van der Waals surface area contributed by atoms with E-state index in [1.165, 1.54) is 0 Å². The number of carbonyl (C=O) groups is 1. The van der Waals surface area contributed by atoms with Gasteiger partial charge in [0.15, 0.2) is 4.90 Å². The van der Waals surface area contributed by atoms with Crippen molar-refractivity contribution in [3.05, 3.63) is 29.8 Å². The SMILES string of the molecule is O=C(N1CCCCC1)N1CCN(S(=O)(=O)c2c(F)cccc2F)CC1. The maximum Gasteiger partial charge on any atom is 0.320 e. The summed E-state index contributed by atoms with van der Waals surface area (Å²) in [5, 5.41) is 0. The zero-order valence-electron chi connectivity index (χ0n) is 13.8. The lowest BCUT2D eigenvalue weighted by atomic mass is 10.1. The van der Waals surface area contributed by atoms with Gasteiger partial charge in [-0.15, -0.1) is 0 Å². The van der Waals surface area contributed by atoms with E-state index in [1.807, 2.05) is 0 Å². The van der Waals surface area contributed by atoms with Gasteiger partial charge in [0.25, 0.3) is 0 Å². The van der Waals surface area contributed by atoms with Crippen molar-refractivity contribution >= 4 is 16.1 Å². The number of hydrogen-bond donors (Lipinski definition) is 0. The van der Waals surface area contributed by atoms with Crippen molar-refractivity contribution in [1.29, 1.82) is 0 Å². The highest BCUT2D eigenvalue weighted by atomic mass is 32.2. The topological polar surface area (TPSA) is 60.9 Å². The number of piperazine rings is 1. The molecule has 138 valence electrons. The van der Waals surface area contributed by atoms with Crippen molar-refractivity contribution in [3.8, 4) is 0 Å². The molecule has 0 bridgehead atoms. The van der Waals surface area contributed by atoms with Crippen LogP contribution in [0.4, 0.5) is 13.6 Å². The van der Waals surface area contributed by atoms with Crippen LogP contribution in [0.25, 0.3) is 0 Å². The van der Waals surface area contributed by atoms with Gasteiger partial charge in [-0.1, -0.05) is 6.07 Å². The fourth-order valence-corrected chi connectivity index (χ4v) is 4.79. The van der Waals surface area contributed by atoms with Crippen LogP contribution in [-0.4, -0.2) is 67.8 Å². The monoisotopic (exact) mass is 373 g/mol. The highest BCUT2D eigenvalue weighted by Crippen LogP contribution is 2.24. The number of urea groups is 1. The van der Waals surface area contributed by atoms with Crippen LogP contribution in [0.3, 0.4) is 0 Å². The predicted molar refractivity (Wildman–Crippen MR) is 87.5 cm³/mol. The summed E-state index contributed by atoms with van der Waals surface area (Å²) >= 11 is 0. The molecule has 9 heteroatoms.